The van der Waals surface area contributed by atoms with Gasteiger partial charge in [-0.25, -0.2) is 0 Å². The third-order valence-electron chi connectivity index (χ3n) is 2.78. The van der Waals surface area contributed by atoms with Gasteiger partial charge in [-0.3, -0.25) is 4.79 Å². The molecule has 0 spiro atoms. The van der Waals surface area contributed by atoms with Crippen LogP contribution in [0.3, 0.4) is 0 Å². The van der Waals surface area contributed by atoms with E-state index < -0.39 is 0 Å². The second kappa shape index (κ2) is 4.59. The molecule has 2 nitrogen and oxygen atoms in total. The minimum absolute atomic E-state index is 0.0411. The van der Waals surface area contributed by atoms with Gasteiger partial charge in [0, 0.05) is 15.5 Å². The third kappa shape index (κ3) is 1.76. The summed E-state index contributed by atoms with van der Waals surface area (Å²) in [5, 5.41) is 1.43. The van der Waals surface area contributed by atoms with E-state index >= 15 is 0 Å². The average molecular weight is 277 g/mol. The van der Waals surface area contributed by atoms with Crippen LogP contribution in [-0.4, -0.2) is 6.07 Å². The lowest BCUT2D eigenvalue weighted by Crippen LogP contribution is -2.01. The number of hydrogen-bond donors (Lipinski definition) is 0. The molecule has 0 saturated heterocycles. The van der Waals surface area contributed by atoms with Crippen molar-refractivity contribution in [3.05, 3.63) is 52.7 Å². The normalized spacial score (nSPS) is 10.9. The van der Waals surface area contributed by atoms with Gasteiger partial charge in [0.2, 0.25) is 0 Å². The van der Waals surface area contributed by atoms with Crippen LogP contribution in [0.1, 0.15) is 0 Å². The zero-order chi connectivity index (χ0) is 12.5. The van der Waals surface area contributed by atoms with Crippen molar-refractivity contribution in [1.82, 2.24) is 0 Å². The number of ether oxygens (including phenoxy) is 1. The third-order valence-corrected chi connectivity index (χ3v) is 4.09. The summed E-state index contributed by atoms with van der Waals surface area (Å²) in [7, 11) is 0. The van der Waals surface area contributed by atoms with Gasteiger partial charge in [0.25, 0.3) is 0 Å². The van der Waals surface area contributed by atoms with E-state index in [-0.39, 0.29) is 11.5 Å². The zero-order valence-corrected chi connectivity index (χ0v) is 10.9. The molecule has 0 amide bonds. The van der Waals surface area contributed by atoms with Crippen LogP contribution >= 0.6 is 22.9 Å². The standard InChI is InChI=1S/C14H9ClO2S/c15-8-17-11-6-3-5-10-13(16)9-4-1-2-7-12(9)18-14(10)11/h1-7H,8H2. The first-order chi connectivity index (χ1) is 8.81. The Hall–Kier alpha value is -1.58. The highest BCUT2D eigenvalue weighted by molar-refractivity contribution is 7.24. The Bertz CT molecular complexity index is 779. The number of halogens is 1. The van der Waals surface area contributed by atoms with E-state index in [1.165, 1.54) is 0 Å². The molecule has 0 N–H and O–H groups in total. The summed E-state index contributed by atoms with van der Waals surface area (Å²) in [4.78, 5) is 12.4. The molecule has 0 unspecified atom stereocenters. The van der Waals surface area contributed by atoms with Gasteiger partial charge in [-0.1, -0.05) is 29.8 Å². The molecule has 90 valence electrons. The van der Waals surface area contributed by atoms with Gasteiger partial charge in [-0.15, -0.1) is 11.3 Å². The highest BCUT2D eigenvalue weighted by Gasteiger charge is 2.09. The Morgan fingerprint density at radius 3 is 2.67 bits per heavy atom. The molecule has 2 aromatic carbocycles. The first-order valence-electron chi connectivity index (χ1n) is 5.44. The maximum absolute atomic E-state index is 12.4. The average Bonchev–Trinajstić information content (AvgIpc) is 2.40. The van der Waals surface area contributed by atoms with E-state index in [0.29, 0.717) is 11.1 Å². The number of fused-ring (bicyclic) bond motifs is 2. The van der Waals surface area contributed by atoms with Crippen molar-refractivity contribution in [2.75, 3.05) is 6.07 Å². The predicted molar refractivity (Wildman–Crippen MR) is 76.9 cm³/mol. The number of rotatable bonds is 2. The summed E-state index contributed by atoms with van der Waals surface area (Å²) in [5.41, 5.74) is 0.0411. The molecule has 0 aliphatic carbocycles. The fourth-order valence-corrected chi connectivity index (χ4v) is 3.22. The molecule has 0 saturated carbocycles. The lowest BCUT2D eigenvalue weighted by Gasteiger charge is -2.06. The molecule has 0 aliphatic rings. The van der Waals surface area contributed by atoms with Crippen molar-refractivity contribution in [1.29, 1.82) is 0 Å². The highest BCUT2D eigenvalue weighted by atomic mass is 35.5. The smallest absolute Gasteiger partial charge is 0.196 e. The van der Waals surface area contributed by atoms with Crippen LogP contribution in [0, 0.1) is 0 Å². The molecule has 4 heteroatoms. The van der Waals surface area contributed by atoms with Crippen molar-refractivity contribution < 1.29 is 4.74 Å². The molecule has 0 radical (unpaired) electrons. The van der Waals surface area contributed by atoms with Gasteiger partial charge < -0.3 is 4.74 Å². The van der Waals surface area contributed by atoms with Crippen molar-refractivity contribution in [2.45, 2.75) is 0 Å². The minimum Gasteiger partial charge on any atom is -0.476 e. The van der Waals surface area contributed by atoms with Crippen molar-refractivity contribution >= 4 is 43.1 Å². The number of alkyl halides is 1. The lowest BCUT2D eigenvalue weighted by atomic mass is 10.2. The Labute approximate surface area is 112 Å². The monoisotopic (exact) mass is 276 g/mol. The van der Waals surface area contributed by atoms with Gasteiger partial charge in [-0.05, 0) is 24.3 Å². The first-order valence-corrected chi connectivity index (χ1v) is 6.79. The molecular weight excluding hydrogens is 268 g/mol. The van der Waals surface area contributed by atoms with Crippen molar-refractivity contribution in [3.8, 4) is 5.75 Å². The Kier molecular flexibility index (Phi) is 2.94. The second-order valence-corrected chi connectivity index (χ2v) is 5.08. The van der Waals surface area contributed by atoms with Crippen LogP contribution in [0.25, 0.3) is 20.2 Å². The molecule has 0 fully saturated rings. The summed E-state index contributed by atoms with van der Waals surface area (Å²) in [6.07, 6.45) is 0. The van der Waals surface area contributed by atoms with Gasteiger partial charge in [-0.2, -0.15) is 0 Å². The second-order valence-electron chi connectivity index (χ2n) is 3.81. The van der Waals surface area contributed by atoms with E-state index in [1.807, 2.05) is 42.5 Å². The maximum atomic E-state index is 12.4. The van der Waals surface area contributed by atoms with E-state index in [4.69, 9.17) is 16.3 Å². The van der Waals surface area contributed by atoms with E-state index in [0.717, 1.165) is 14.8 Å². The molecule has 1 aromatic heterocycles. The molecule has 0 atom stereocenters. The largest absolute Gasteiger partial charge is 0.476 e. The van der Waals surface area contributed by atoms with E-state index in [2.05, 4.69) is 0 Å². The Morgan fingerprint density at radius 2 is 1.83 bits per heavy atom. The Balaban J connectivity index is 2.47. The van der Waals surface area contributed by atoms with Gasteiger partial charge in [0.15, 0.2) is 11.5 Å². The van der Waals surface area contributed by atoms with Gasteiger partial charge in [0.05, 0.1) is 4.70 Å². The molecule has 0 aliphatic heterocycles. The molecule has 3 rings (SSSR count). The first kappa shape index (κ1) is 11.5. The summed E-state index contributed by atoms with van der Waals surface area (Å²) in [6.45, 7) is 0. The summed E-state index contributed by atoms with van der Waals surface area (Å²) < 4.78 is 7.17. The van der Waals surface area contributed by atoms with E-state index in [1.54, 1.807) is 11.3 Å². The molecule has 0 bridgehead atoms. The van der Waals surface area contributed by atoms with Crippen molar-refractivity contribution in [3.63, 3.8) is 0 Å². The summed E-state index contributed by atoms with van der Waals surface area (Å²) in [6, 6.07) is 13.1. The SMILES string of the molecule is O=c1c2ccccc2sc2c(OCCl)cccc12. The molecular formula is C14H9ClO2S. The quantitative estimate of drug-likeness (QED) is 0.522. The Morgan fingerprint density at radius 1 is 1.06 bits per heavy atom. The van der Waals surface area contributed by atoms with Crippen molar-refractivity contribution in [2.24, 2.45) is 0 Å². The summed E-state index contributed by atoms with van der Waals surface area (Å²) in [5.74, 6) is 0.662. The van der Waals surface area contributed by atoms with E-state index in [9.17, 15) is 4.79 Å². The molecule has 1 heterocycles. The van der Waals surface area contributed by atoms with Gasteiger partial charge in [0.1, 0.15) is 5.75 Å². The number of benzene rings is 2. The van der Waals surface area contributed by atoms with Crippen LogP contribution < -0.4 is 10.2 Å². The zero-order valence-electron chi connectivity index (χ0n) is 9.35. The summed E-state index contributed by atoms with van der Waals surface area (Å²) >= 11 is 7.15. The topological polar surface area (TPSA) is 26.3 Å². The maximum Gasteiger partial charge on any atom is 0.196 e. The fraction of sp³-hybridized carbons (Fsp3) is 0.0714. The van der Waals surface area contributed by atoms with Crippen LogP contribution in [0.15, 0.2) is 47.3 Å². The lowest BCUT2D eigenvalue weighted by molar-refractivity contribution is 0.393. The number of hydrogen-bond acceptors (Lipinski definition) is 3. The molecule has 18 heavy (non-hydrogen) atoms. The minimum atomic E-state index is 0.0411. The predicted octanol–water partition coefficient (Wildman–Crippen LogP) is 3.99. The molecule has 3 aromatic rings. The van der Waals surface area contributed by atoms with Crippen LogP contribution in [0.4, 0.5) is 0 Å². The van der Waals surface area contributed by atoms with Crippen LogP contribution in [0.5, 0.6) is 5.75 Å². The van der Waals surface area contributed by atoms with Gasteiger partial charge >= 0.3 is 0 Å². The highest BCUT2D eigenvalue weighted by Crippen LogP contribution is 2.31. The van der Waals surface area contributed by atoms with Crippen LogP contribution in [0.2, 0.25) is 0 Å². The fourth-order valence-electron chi connectivity index (χ4n) is 1.97. The van der Waals surface area contributed by atoms with Crippen LogP contribution in [-0.2, 0) is 0 Å².